The van der Waals surface area contributed by atoms with Crippen molar-refractivity contribution >= 4 is 18.1 Å². The Morgan fingerprint density at radius 2 is 1.85 bits per heavy atom. The number of carbonyl (C=O) groups excluding carboxylic acids is 1. The topological polar surface area (TPSA) is 89.6 Å². The second kappa shape index (κ2) is 8.27. The van der Waals surface area contributed by atoms with Crippen LogP contribution in [0.1, 0.15) is 34.4 Å². The molecular weight excluding hydrogens is 344 g/mol. The second-order valence-electron chi connectivity index (χ2n) is 5.84. The summed E-state index contributed by atoms with van der Waals surface area (Å²) in [6, 6.07) is 12.6. The number of benzene rings is 1. The van der Waals surface area contributed by atoms with Gasteiger partial charge in [-0.3, -0.25) is 0 Å². The predicted octanol–water partition coefficient (Wildman–Crippen LogP) is 3.98. The maximum absolute atomic E-state index is 11.7. The number of anilines is 1. The monoisotopic (exact) mass is 364 g/mol. The summed E-state index contributed by atoms with van der Waals surface area (Å²) in [5.74, 6) is 1.35. The van der Waals surface area contributed by atoms with E-state index in [1.54, 1.807) is 25.3 Å². The van der Waals surface area contributed by atoms with Gasteiger partial charge in [0.05, 0.1) is 18.4 Å². The molecule has 2 heterocycles. The first-order valence-electron chi connectivity index (χ1n) is 8.54. The van der Waals surface area contributed by atoms with Crippen LogP contribution in [0.3, 0.4) is 0 Å². The van der Waals surface area contributed by atoms with Gasteiger partial charge in [-0.05, 0) is 51.1 Å². The number of aromatic nitrogens is 2. The molecule has 138 valence electrons. The number of esters is 1. The standard InChI is InChI=1S/C20H20N4O3/c1-4-26-19(25)16-7-5-15(6-8-16)18-10-9-17(27-18)12-21-24-20-22-13(2)11-14(3)23-20/h5-12H,4H2,1-3H3,(H,22,23,24)/b21-12+. The van der Waals surface area contributed by atoms with Gasteiger partial charge in [0, 0.05) is 17.0 Å². The lowest BCUT2D eigenvalue weighted by Gasteiger charge is -2.02. The van der Waals surface area contributed by atoms with Crippen molar-refractivity contribution in [1.82, 2.24) is 9.97 Å². The molecule has 2 aromatic heterocycles. The Kier molecular flexibility index (Phi) is 5.61. The van der Waals surface area contributed by atoms with Gasteiger partial charge in [-0.1, -0.05) is 12.1 Å². The summed E-state index contributed by atoms with van der Waals surface area (Å²) in [6.07, 6.45) is 1.55. The molecule has 0 amide bonds. The van der Waals surface area contributed by atoms with E-state index in [-0.39, 0.29) is 5.97 Å². The molecular formula is C20H20N4O3. The normalized spacial score (nSPS) is 10.9. The van der Waals surface area contributed by atoms with E-state index in [1.807, 2.05) is 44.2 Å². The van der Waals surface area contributed by atoms with Crippen LogP contribution < -0.4 is 5.43 Å². The zero-order valence-corrected chi connectivity index (χ0v) is 15.4. The van der Waals surface area contributed by atoms with Crippen molar-refractivity contribution in [3.63, 3.8) is 0 Å². The fourth-order valence-electron chi connectivity index (χ4n) is 2.49. The third kappa shape index (κ3) is 4.78. The van der Waals surface area contributed by atoms with Crippen molar-refractivity contribution in [2.45, 2.75) is 20.8 Å². The van der Waals surface area contributed by atoms with E-state index in [2.05, 4.69) is 20.5 Å². The van der Waals surface area contributed by atoms with Gasteiger partial charge in [-0.25, -0.2) is 20.2 Å². The highest BCUT2D eigenvalue weighted by atomic mass is 16.5. The Morgan fingerprint density at radius 3 is 2.52 bits per heavy atom. The van der Waals surface area contributed by atoms with E-state index in [4.69, 9.17) is 9.15 Å². The lowest BCUT2D eigenvalue weighted by molar-refractivity contribution is 0.0526. The maximum atomic E-state index is 11.7. The fourth-order valence-corrected chi connectivity index (χ4v) is 2.49. The third-order valence-electron chi connectivity index (χ3n) is 3.65. The summed E-state index contributed by atoms with van der Waals surface area (Å²) in [6.45, 7) is 5.92. The molecule has 3 rings (SSSR count). The van der Waals surface area contributed by atoms with Gasteiger partial charge in [0.1, 0.15) is 11.5 Å². The van der Waals surface area contributed by atoms with Crippen LogP contribution in [-0.4, -0.2) is 28.8 Å². The molecule has 0 saturated heterocycles. The number of hydrogen-bond donors (Lipinski definition) is 1. The van der Waals surface area contributed by atoms with Crippen molar-refractivity contribution in [2.24, 2.45) is 5.10 Å². The first-order chi connectivity index (χ1) is 13.0. The molecule has 0 atom stereocenters. The molecule has 1 aromatic carbocycles. The van der Waals surface area contributed by atoms with Gasteiger partial charge in [0.25, 0.3) is 0 Å². The van der Waals surface area contributed by atoms with E-state index < -0.39 is 0 Å². The Labute approximate surface area is 157 Å². The van der Waals surface area contributed by atoms with E-state index in [1.165, 1.54) is 0 Å². The Morgan fingerprint density at radius 1 is 1.15 bits per heavy atom. The molecule has 0 fully saturated rings. The molecule has 0 aliphatic rings. The molecule has 0 aliphatic heterocycles. The largest absolute Gasteiger partial charge is 0.462 e. The van der Waals surface area contributed by atoms with Crippen LogP contribution in [0.4, 0.5) is 5.95 Å². The van der Waals surface area contributed by atoms with Gasteiger partial charge in [0.15, 0.2) is 0 Å². The molecule has 27 heavy (non-hydrogen) atoms. The Bertz CT molecular complexity index is 941. The number of nitrogens with zero attached hydrogens (tertiary/aromatic N) is 3. The predicted molar refractivity (Wildman–Crippen MR) is 103 cm³/mol. The Hall–Kier alpha value is -3.48. The van der Waals surface area contributed by atoms with Crippen LogP contribution >= 0.6 is 0 Å². The smallest absolute Gasteiger partial charge is 0.338 e. The number of hydrogen-bond acceptors (Lipinski definition) is 7. The van der Waals surface area contributed by atoms with E-state index in [9.17, 15) is 4.79 Å². The lowest BCUT2D eigenvalue weighted by atomic mass is 10.1. The summed E-state index contributed by atoms with van der Waals surface area (Å²) < 4.78 is 10.7. The first kappa shape index (κ1) is 18.3. The highest BCUT2D eigenvalue weighted by Crippen LogP contribution is 2.22. The van der Waals surface area contributed by atoms with Crippen LogP contribution in [0.15, 0.2) is 52.0 Å². The van der Waals surface area contributed by atoms with Crippen LogP contribution in [0, 0.1) is 13.8 Å². The quantitative estimate of drug-likeness (QED) is 0.404. The van der Waals surface area contributed by atoms with Crippen LogP contribution in [-0.2, 0) is 4.74 Å². The number of nitrogens with one attached hydrogen (secondary N) is 1. The average Bonchev–Trinajstić information content (AvgIpc) is 3.10. The minimum Gasteiger partial charge on any atom is -0.462 e. The molecule has 1 N–H and O–H groups in total. The zero-order valence-electron chi connectivity index (χ0n) is 15.4. The minimum absolute atomic E-state index is 0.337. The molecule has 3 aromatic rings. The SMILES string of the molecule is CCOC(=O)c1ccc(-c2ccc(/C=N/Nc3nc(C)cc(C)n3)o2)cc1. The Balaban J connectivity index is 1.66. The van der Waals surface area contributed by atoms with Crippen LogP contribution in [0.25, 0.3) is 11.3 Å². The fraction of sp³-hybridized carbons (Fsp3) is 0.200. The zero-order chi connectivity index (χ0) is 19.2. The van der Waals surface area contributed by atoms with Crippen LogP contribution in [0.2, 0.25) is 0 Å². The summed E-state index contributed by atoms with van der Waals surface area (Å²) in [5, 5.41) is 4.10. The maximum Gasteiger partial charge on any atom is 0.338 e. The van der Waals surface area contributed by atoms with E-state index in [0.717, 1.165) is 17.0 Å². The highest BCUT2D eigenvalue weighted by Gasteiger charge is 2.08. The average molecular weight is 364 g/mol. The number of rotatable bonds is 6. The summed E-state index contributed by atoms with van der Waals surface area (Å²) in [4.78, 5) is 20.2. The summed E-state index contributed by atoms with van der Waals surface area (Å²) >= 11 is 0. The molecule has 7 nitrogen and oxygen atoms in total. The van der Waals surface area contributed by atoms with E-state index >= 15 is 0 Å². The lowest BCUT2D eigenvalue weighted by Crippen LogP contribution is -2.03. The number of carbonyl (C=O) groups is 1. The molecule has 0 saturated carbocycles. The van der Waals surface area contributed by atoms with Crippen molar-refractivity contribution in [1.29, 1.82) is 0 Å². The third-order valence-corrected chi connectivity index (χ3v) is 3.65. The molecule has 7 heteroatoms. The number of aryl methyl sites for hydroxylation is 2. The van der Waals surface area contributed by atoms with Crippen molar-refractivity contribution in [2.75, 3.05) is 12.0 Å². The minimum atomic E-state index is -0.337. The van der Waals surface area contributed by atoms with Gasteiger partial charge in [-0.15, -0.1) is 0 Å². The summed E-state index contributed by atoms with van der Waals surface area (Å²) in [7, 11) is 0. The second-order valence-corrected chi connectivity index (χ2v) is 5.84. The molecule has 0 radical (unpaired) electrons. The van der Waals surface area contributed by atoms with Crippen molar-refractivity contribution in [3.8, 4) is 11.3 Å². The van der Waals surface area contributed by atoms with Crippen molar-refractivity contribution in [3.05, 3.63) is 65.2 Å². The van der Waals surface area contributed by atoms with Gasteiger partial charge < -0.3 is 9.15 Å². The van der Waals surface area contributed by atoms with Gasteiger partial charge >= 0.3 is 5.97 Å². The van der Waals surface area contributed by atoms with Gasteiger partial charge in [0.2, 0.25) is 5.95 Å². The highest BCUT2D eigenvalue weighted by molar-refractivity contribution is 5.90. The van der Waals surface area contributed by atoms with E-state index in [0.29, 0.717) is 29.6 Å². The molecule has 0 bridgehead atoms. The van der Waals surface area contributed by atoms with Crippen LogP contribution in [0.5, 0.6) is 0 Å². The number of furan rings is 1. The summed E-state index contributed by atoms with van der Waals surface area (Å²) in [5.41, 5.74) is 5.89. The molecule has 0 spiro atoms. The number of hydrazone groups is 1. The van der Waals surface area contributed by atoms with Crippen molar-refractivity contribution < 1.29 is 13.9 Å². The van der Waals surface area contributed by atoms with Gasteiger partial charge in [-0.2, -0.15) is 5.10 Å². The molecule has 0 unspecified atom stereocenters. The first-order valence-corrected chi connectivity index (χ1v) is 8.54. The molecule has 0 aliphatic carbocycles. The number of ether oxygens (including phenoxy) is 1.